The zero-order valence-electron chi connectivity index (χ0n) is 28.4. The molecular formula is C40H31ClFN3O9. The number of methoxy groups -OCH3 is 1. The molecule has 274 valence electrons. The SMILES string of the molecule is COc1ccc(C2C3=CCC4C(=O)N(c5ccc(C(=O)O)c(O)c5)C(=O)C4C3CC3C(=O)N(Nc4ccc(F)cc4)C(=O)C32c2ccc(Cl)cc2)c(O)c1. The van der Waals surface area contributed by atoms with Crippen LogP contribution in [0.3, 0.4) is 0 Å². The average molecular weight is 752 g/mol. The number of carbonyl (C=O) groups is 5. The van der Waals surface area contributed by atoms with Crippen LogP contribution in [-0.4, -0.2) is 57.0 Å². The number of halogens is 2. The monoisotopic (exact) mass is 751 g/mol. The van der Waals surface area contributed by atoms with Gasteiger partial charge in [-0.15, -0.1) is 0 Å². The van der Waals surface area contributed by atoms with Gasteiger partial charge in [-0.05, 0) is 78.9 Å². The van der Waals surface area contributed by atoms with Crippen LogP contribution < -0.4 is 15.1 Å². The number of phenols is 2. The highest BCUT2D eigenvalue weighted by molar-refractivity contribution is 6.30. The highest BCUT2D eigenvalue weighted by Crippen LogP contribution is 2.65. The molecule has 0 radical (unpaired) electrons. The van der Waals surface area contributed by atoms with E-state index in [1.165, 1.54) is 43.5 Å². The molecule has 6 unspecified atom stereocenters. The summed E-state index contributed by atoms with van der Waals surface area (Å²) in [7, 11) is 1.43. The molecule has 4 aliphatic rings. The maximum Gasteiger partial charge on any atom is 0.339 e. The number of carboxylic acids is 1. The number of anilines is 2. The number of benzene rings is 4. The van der Waals surface area contributed by atoms with Crippen LogP contribution in [0.4, 0.5) is 15.8 Å². The Kier molecular flexibility index (Phi) is 8.22. The zero-order chi connectivity index (χ0) is 38.2. The van der Waals surface area contributed by atoms with Crippen molar-refractivity contribution < 1.29 is 48.4 Å². The van der Waals surface area contributed by atoms with Gasteiger partial charge in [0.25, 0.3) is 11.8 Å². The fourth-order valence-corrected chi connectivity index (χ4v) is 9.11. The maximum absolute atomic E-state index is 15.2. The number of hydrazine groups is 1. The van der Waals surface area contributed by atoms with Gasteiger partial charge in [-0.1, -0.05) is 41.4 Å². The minimum atomic E-state index is -1.71. The second-order valence-electron chi connectivity index (χ2n) is 13.8. The summed E-state index contributed by atoms with van der Waals surface area (Å²) in [6.45, 7) is 0. The molecule has 2 heterocycles. The molecule has 54 heavy (non-hydrogen) atoms. The van der Waals surface area contributed by atoms with Crippen LogP contribution in [0, 0.1) is 29.5 Å². The molecule has 6 atom stereocenters. The van der Waals surface area contributed by atoms with E-state index in [2.05, 4.69) is 5.43 Å². The molecule has 1 saturated carbocycles. The fourth-order valence-electron chi connectivity index (χ4n) is 8.99. The molecule has 4 aromatic carbocycles. The molecule has 0 bridgehead atoms. The first kappa shape index (κ1) is 34.9. The number of imide groups is 2. The number of ether oxygens (including phenoxy) is 1. The van der Waals surface area contributed by atoms with Crippen molar-refractivity contribution in [2.45, 2.75) is 24.2 Å². The molecule has 14 heteroatoms. The standard InChI is InChI=1S/C40H31ClFN3O9/c1-54-24-11-13-26(32(47)17-24)34-25-14-15-28-33(37(50)44(35(28)48)23-10-12-27(38(51)52)31(46)16-23)29(25)18-30-36(49)45(43-22-8-6-21(42)7-9-22)39(53)40(30,34)19-2-4-20(41)5-3-19/h2-14,16-17,28-30,33-34,43,46-47H,15,18H2,1H3,(H,51,52). The number of nitrogens with one attached hydrogen (secondary N) is 1. The van der Waals surface area contributed by atoms with Crippen molar-refractivity contribution in [1.29, 1.82) is 0 Å². The Hall–Kier alpha value is -6.21. The highest BCUT2D eigenvalue weighted by Gasteiger charge is 2.70. The summed E-state index contributed by atoms with van der Waals surface area (Å²) in [6.07, 6.45) is 1.83. The quantitative estimate of drug-likeness (QED) is 0.134. The van der Waals surface area contributed by atoms with E-state index in [1.807, 2.05) is 6.08 Å². The molecule has 8 rings (SSSR count). The number of fused-ring (bicyclic) bond motifs is 4. The fraction of sp³-hybridized carbons (Fsp3) is 0.225. The normalized spacial score (nSPS) is 25.9. The molecule has 3 fully saturated rings. The first-order valence-electron chi connectivity index (χ1n) is 17.0. The van der Waals surface area contributed by atoms with Gasteiger partial charge in [-0.25, -0.2) is 14.1 Å². The molecular weight excluding hydrogens is 721 g/mol. The van der Waals surface area contributed by atoms with Crippen LogP contribution in [0.5, 0.6) is 17.2 Å². The van der Waals surface area contributed by atoms with Gasteiger partial charge in [0.2, 0.25) is 11.8 Å². The van der Waals surface area contributed by atoms with Crippen molar-refractivity contribution in [3.05, 3.63) is 124 Å². The third-order valence-corrected chi connectivity index (χ3v) is 11.5. The van der Waals surface area contributed by atoms with Crippen molar-refractivity contribution in [1.82, 2.24) is 5.01 Å². The minimum absolute atomic E-state index is 0.0130. The number of nitrogens with zero attached hydrogens (tertiary/aromatic N) is 2. The lowest BCUT2D eigenvalue weighted by atomic mass is 9.49. The van der Waals surface area contributed by atoms with Crippen LogP contribution in [-0.2, 0) is 24.6 Å². The minimum Gasteiger partial charge on any atom is -0.508 e. The van der Waals surface area contributed by atoms with E-state index in [0.29, 0.717) is 21.9 Å². The summed E-state index contributed by atoms with van der Waals surface area (Å²) in [4.78, 5) is 71.0. The van der Waals surface area contributed by atoms with Gasteiger partial charge >= 0.3 is 5.97 Å². The molecule has 2 saturated heterocycles. The highest BCUT2D eigenvalue weighted by atomic mass is 35.5. The topological polar surface area (TPSA) is 174 Å². The van der Waals surface area contributed by atoms with E-state index >= 15 is 4.79 Å². The van der Waals surface area contributed by atoms with Gasteiger partial charge in [-0.3, -0.25) is 24.6 Å². The Morgan fingerprint density at radius 1 is 0.889 bits per heavy atom. The number of hydrogen-bond donors (Lipinski definition) is 4. The summed E-state index contributed by atoms with van der Waals surface area (Å²) < 4.78 is 19.2. The molecule has 2 aliphatic heterocycles. The molecule has 0 aromatic heterocycles. The van der Waals surface area contributed by atoms with Crippen molar-refractivity contribution in [3.63, 3.8) is 0 Å². The summed E-state index contributed by atoms with van der Waals surface area (Å²) in [5, 5.41) is 32.8. The van der Waals surface area contributed by atoms with E-state index < -0.39 is 81.7 Å². The predicted octanol–water partition coefficient (Wildman–Crippen LogP) is 5.79. The number of amides is 4. The molecule has 4 aromatic rings. The van der Waals surface area contributed by atoms with Gasteiger partial charge in [-0.2, -0.15) is 5.01 Å². The largest absolute Gasteiger partial charge is 0.508 e. The van der Waals surface area contributed by atoms with Crippen LogP contribution >= 0.6 is 11.6 Å². The van der Waals surface area contributed by atoms with E-state index in [4.69, 9.17) is 16.3 Å². The van der Waals surface area contributed by atoms with Crippen molar-refractivity contribution in [2.75, 3.05) is 17.4 Å². The molecule has 0 spiro atoms. The Morgan fingerprint density at radius 2 is 1.61 bits per heavy atom. The Morgan fingerprint density at radius 3 is 2.26 bits per heavy atom. The lowest BCUT2D eigenvalue weighted by Gasteiger charge is -2.50. The second-order valence-corrected chi connectivity index (χ2v) is 14.3. The number of phenolic OH excluding ortho intramolecular Hbond substituents is 1. The van der Waals surface area contributed by atoms with E-state index in [1.54, 1.807) is 36.4 Å². The van der Waals surface area contributed by atoms with Gasteiger partial charge in [0.15, 0.2) is 0 Å². The summed E-state index contributed by atoms with van der Waals surface area (Å²) in [6, 6.07) is 19.7. The van der Waals surface area contributed by atoms with Gasteiger partial charge in [0, 0.05) is 28.6 Å². The molecule has 2 aliphatic carbocycles. The van der Waals surface area contributed by atoms with Crippen LogP contribution in [0.15, 0.2) is 96.6 Å². The van der Waals surface area contributed by atoms with Crippen molar-refractivity contribution in [2.24, 2.45) is 23.7 Å². The van der Waals surface area contributed by atoms with Crippen LogP contribution in [0.25, 0.3) is 0 Å². The van der Waals surface area contributed by atoms with Crippen LogP contribution in [0.1, 0.15) is 40.2 Å². The third kappa shape index (κ3) is 5.06. The van der Waals surface area contributed by atoms with Crippen LogP contribution in [0.2, 0.25) is 5.02 Å². The zero-order valence-corrected chi connectivity index (χ0v) is 29.2. The van der Waals surface area contributed by atoms with Gasteiger partial charge in [0.05, 0.1) is 41.7 Å². The third-order valence-electron chi connectivity index (χ3n) is 11.3. The number of rotatable bonds is 7. The molecule has 4 N–H and O–H groups in total. The molecule has 12 nitrogen and oxygen atoms in total. The Balaban J connectivity index is 1.31. The first-order chi connectivity index (χ1) is 25.9. The summed E-state index contributed by atoms with van der Waals surface area (Å²) >= 11 is 6.33. The van der Waals surface area contributed by atoms with E-state index in [-0.39, 0.29) is 35.5 Å². The van der Waals surface area contributed by atoms with Crippen molar-refractivity contribution in [3.8, 4) is 17.2 Å². The number of hydrogen-bond acceptors (Lipinski definition) is 9. The lowest BCUT2D eigenvalue weighted by molar-refractivity contribution is -0.138. The molecule has 4 amide bonds. The Labute approximate surface area is 312 Å². The number of carboxylic acid groups (broad SMARTS) is 1. The number of carbonyl (C=O) groups excluding carboxylic acids is 4. The predicted molar refractivity (Wildman–Crippen MR) is 191 cm³/mol. The maximum atomic E-state index is 15.2. The summed E-state index contributed by atoms with van der Waals surface area (Å²) in [5.41, 5.74) is 2.26. The van der Waals surface area contributed by atoms with Gasteiger partial charge < -0.3 is 20.1 Å². The second kappa shape index (κ2) is 12.7. The van der Waals surface area contributed by atoms with E-state index in [9.17, 15) is 38.9 Å². The Bertz CT molecular complexity index is 2310. The average Bonchev–Trinajstić information content (AvgIpc) is 3.53. The van der Waals surface area contributed by atoms with Crippen molar-refractivity contribution >= 4 is 52.6 Å². The lowest BCUT2D eigenvalue weighted by Crippen LogP contribution is -2.53. The number of allylic oxidation sites excluding steroid dienone is 2. The smallest absolute Gasteiger partial charge is 0.339 e. The number of aromatic carboxylic acids is 1. The van der Waals surface area contributed by atoms with Gasteiger partial charge in [0.1, 0.15) is 28.6 Å². The van der Waals surface area contributed by atoms with E-state index in [0.717, 1.165) is 22.0 Å². The first-order valence-corrected chi connectivity index (χ1v) is 17.4. The number of aromatic hydroxyl groups is 2. The summed E-state index contributed by atoms with van der Waals surface area (Å²) in [5.74, 6) is -9.78.